The Balaban J connectivity index is 0.000000350. The summed E-state index contributed by atoms with van der Waals surface area (Å²) < 4.78 is 17.3. The third-order valence-corrected chi connectivity index (χ3v) is 13.4. The number of nitrogen functional groups attached to an aromatic ring is 3. The van der Waals surface area contributed by atoms with E-state index in [0.717, 1.165) is 50.1 Å². The normalized spacial score (nSPS) is 14.8. The van der Waals surface area contributed by atoms with Gasteiger partial charge in [0.15, 0.2) is 17.3 Å². The summed E-state index contributed by atoms with van der Waals surface area (Å²) in [6.07, 6.45) is 4.94. The highest BCUT2D eigenvalue weighted by atomic mass is 35.5. The molecule has 1 unspecified atom stereocenters. The van der Waals surface area contributed by atoms with Crippen LogP contribution < -0.4 is 46.9 Å². The highest BCUT2D eigenvalue weighted by Crippen LogP contribution is 2.44. The molecule has 65 heavy (non-hydrogen) atoms. The van der Waals surface area contributed by atoms with Gasteiger partial charge in [0.05, 0.1) is 37.1 Å². The molecular weight excluding hydrogens is 869 g/mol. The van der Waals surface area contributed by atoms with Crippen molar-refractivity contribution in [3.05, 3.63) is 75.9 Å². The van der Waals surface area contributed by atoms with Crippen molar-refractivity contribution in [3.8, 4) is 28.5 Å². The maximum absolute atomic E-state index is 12.4. The van der Waals surface area contributed by atoms with E-state index in [2.05, 4.69) is 60.1 Å². The van der Waals surface area contributed by atoms with Crippen molar-refractivity contribution in [2.24, 2.45) is 10.8 Å². The number of aromatic nitrogens is 2. The Bertz CT molecular complexity index is 2260. The first-order chi connectivity index (χ1) is 30.8. The predicted molar refractivity (Wildman–Crippen MR) is 262 cm³/mol. The van der Waals surface area contributed by atoms with Crippen molar-refractivity contribution in [1.82, 2.24) is 25.5 Å². The van der Waals surface area contributed by atoms with Crippen LogP contribution in [0.3, 0.4) is 0 Å². The Morgan fingerprint density at radius 1 is 0.969 bits per heavy atom. The second-order valence-electron chi connectivity index (χ2n) is 17.5. The second-order valence-corrected chi connectivity index (χ2v) is 18.2. The number of hydrogen-bond donors (Lipinski definition) is 5. The topological polar surface area (TPSA) is 213 Å². The number of anilines is 4. The van der Waals surface area contributed by atoms with Crippen LogP contribution in [0.2, 0.25) is 10.0 Å². The number of carbonyl (C=O) groups is 3. The van der Waals surface area contributed by atoms with Crippen LogP contribution in [0.5, 0.6) is 17.2 Å². The first-order valence-corrected chi connectivity index (χ1v) is 22.6. The lowest BCUT2D eigenvalue weighted by Crippen LogP contribution is -2.55. The fraction of sp³-hybridized carbons (Fsp3) is 0.479. The zero-order chi connectivity index (χ0) is 48.3. The highest BCUT2D eigenvalue weighted by Gasteiger charge is 2.41. The van der Waals surface area contributed by atoms with Crippen molar-refractivity contribution in [2.75, 3.05) is 69.6 Å². The number of nitrogens with one attached hydrogen (secondary N) is 2. The van der Waals surface area contributed by atoms with Gasteiger partial charge in [-0.25, -0.2) is 9.97 Å². The molecule has 2 amide bonds. The summed E-state index contributed by atoms with van der Waals surface area (Å²) in [6.45, 7) is 18.5. The van der Waals surface area contributed by atoms with E-state index in [4.69, 9.17) is 54.6 Å². The number of hydrogen-bond acceptors (Lipinski definition) is 13. The van der Waals surface area contributed by atoms with Crippen LogP contribution in [-0.4, -0.2) is 92.1 Å². The first kappa shape index (κ1) is 52.1. The molecule has 1 saturated heterocycles. The minimum atomic E-state index is -0.649. The van der Waals surface area contributed by atoms with Crippen LogP contribution in [0.1, 0.15) is 90.1 Å². The average molecular weight is 937 g/mol. The monoisotopic (exact) mass is 935 g/mol. The van der Waals surface area contributed by atoms with Gasteiger partial charge in [-0.3, -0.25) is 9.59 Å². The number of fused-ring (bicyclic) bond motifs is 1. The van der Waals surface area contributed by atoms with Gasteiger partial charge in [0, 0.05) is 90.8 Å². The number of nitrogens with zero attached hydrogens (tertiary/aromatic N) is 4. The van der Waals surface area contributed by atoms with E-state index in [1.54, 1.807) is 56.8 Å². The van der Waals surface area contributed by atoms with E-state index >= 15 is 0 Å². The van der Waals surface area contributed by atoms with E-state index in [0.29, 0.717) is 80.9 Å². The molecule has 3 aromatic carbocycles. The summed E-state index contributed by atoms with van der Waals surface area (Å²) in [4.78, 5) is 47.8. The van der Waals surface area contributed by atoms with Gasteiger partial charge in [0.2, 0.25) is 11.7 Å². The van der Waals surface area contributed by atoms with Crippen molar-refractivity contribution in [3.63, 3.8) is 0 Å². The Hall–Kier alpha value is -5.51. The molecule has 354 valence electrons. The van der Waals surface area contributed by atoms with Crippen LogP contribution in [0, 0.1) is 10.8 Å². The molecule has 17 heteroatoms. The van der Waals surface area contributed by atoms with Gasteiger partial charge in [0.25, 0.3) is 5.91 Å². The quantitative estimate of drug-likeness (QED) is 0.0532. The average Bonchev–Trinajstić information content (AvgIpc) is 3.63. The van der Waals surface area contributed by atoms with E-state index in [-0.39, 0.29) is 34.6 Å². The van der Waals surface area contributed by atoms with Gasteiger partial charge in [-0.15, -0.1) is 0 Å². The molecule has 2 aliphatic heterocycles. The fourth-order valence-electron chi connectivity index (χ4n) is 7.46. The number of carbonyl (C=O) groups excluding carboxylic acids is 3. The van der Waals surface area contributed by atoms with E-state index in [9.17, 15) is 14.4 Å². The zero-order valence-electron chi connectivity index (χ0n) is 39.4. The lowest BCUT2D eigenvalue weighted by Gasteiger charge is -2.46. The molecule has 1 fully saturated rings. The van der Waals surface area contributed by atoms with Crippen molar-refractivity contribution in [1.29, 1.82) is 0 Å². The molecule has 6 rings (SSSR count). The third-order valence-electron chi connectivity index (χ3n) is 12.5. The van der Waals surface area contributed by atoms with Crippen LogP contribution in [0.15, 0.2) is 54.7 Å². The number of methoxy groups -OCH3 is 2. The van der Waals surface area contributed by atoms with Gasteiger partial charge in [0.1, 0.15) is 23.8 Å². The van der Waals surface area contributed by atoms with Gasteiger partial charge in [-0.2, -0.15) is 0 Å². The Morgan fingerprint density at radius 3 is 2.15 bits per heavy atom. The molecule has 15 nitrogen and oxygen atoms in total. The number of amides is 2. The molecule has 1 aromatic heterocycles. The molecule has 8 N–H and O–H groups in total. The lowest BCUT2D eigenvalue weighted by atomic mass is 9.68. The number of piperidine rings is 1. The van der Waals surface area contributed by atoms with Gasteiger partial charge < -0.3 is 56.6 Å². The Labute approximate surface area is 394 Å². The lowest BCUT2D eigenvalue weighted by molar-refractivity contribution is -0.125. The number of benzene rings is 3. The maximum atomic E-state index is 12.4. The molecular formula is C48H67Cl2N9O6. The summed E-state index contributed by atoms with van der Waals surface area (Å²) in [6, 6.07) is 13.4. The number of halogens is 2. The minimum Gasteiger partial charge on any atom is -0.493 e. The molecule has 1 atom stereocenters. The summed E-state index contributed by atoms with van der Waals surface area (Å²) in [5.41, 5.74) is 21.5. The van der Waals surface area contributed by atoms with E-state index in [1.165, 1.54) is 11.9 Å². The van der Waals surface area contributed by atoms with Crippen molar-refractivity contribution < 1.29 is 28.6 Å². The first-order valence-electron chi connectivity index (χ1n) is 21.8. The maximum Gasteiger partial charge on any atom is 0.255 e. The largest absolute Gasteiger partial charge is 0.493 e. The molecule has 0 bridgehead atoms. The molecule has 0 aliphatic carbocycles. The molecule has 0 saturated carbocycles. The number of nitrogens with two attached hydrogens (primary N) is 3. The van der Waals surface area contributed by atoms with E-state index in [1.807, 2.05) is 26.0 Å². The summed E-state index contributed by atoms with van der Waals surface area (Å²) in [7, 11) is 4.71. The van der Waals surface area contributed by atoms with Gasteiger partial charge >= 0.3 is 0 Å². The molecule has 2 aliphatic rings. The summed E-state index contributed by atoms with van der Waals surface area (Å²) in [5.74, 6) is 2.26. The zero-order valence-corrected chi connectivity index (χ0v) is 41.0. The number of rotatable bonds is 16. The van der Waals surface area contributed by atoms with Crippen LogP contribution in [0.25, 0.3) is 11.3 Å². The number of aldehydes is 1. The fourth-order valence-corrected chi connectivity index (χ4v) is 7.85. The number of ether oxygens (including phenoxy) is 3. The molecule has 4 aromatic rings. The smallest absolute Gasteiger partial charge is 0.255 e. The summed E-state index contributed by atoms with van der Waals surface area (Å²) in [5, 5.41) is 7.29. The molecule has 0 radical (unpaired) electrons. The summed E-state index contributed by atoms with van der Waals surface area (Å²) >= 11 is 12.6. The molecule has 0 spiro atoms. The molecule has 3 heterocycles. The standard InChI is InChI=1S/C32H44Cl2N6O3.C14H17N3O3.C2H6/c1-30(2,31(3,4)19-43-28-23(41-6)15-20(35)16-24(28)42-7)18-38-32(5)11-13-40(14-12-32)25-17-37-27(29(36)39-25)21-9-8-10-22(33)26(21)34;1-16-13(19)12(6-3-7-18)17-8-10-9(14(17)20)4-2-5-11(10)15;1-2/h8-10,15-17,38H,11-14,18-19,35H2,1-7H3,(H2,36,39);2,4-5,7,12H,3,6,8,15H2,1H3,(H,16,19);1-2H3. The van der Waals surface area contributed by atoms with Gasteiger partial charge in [-0.1, -0.05) is 82.9 Å². The Kier molecular flexibility index (Phi) is 18.1. The second kappa shape index (κ2) is 22.6. The minimum absolute atomic E-state index is 0.0265. The van der Waals surface area contributed by atoms with Crippen molar-refractivity contribution >= 4 is 64.3 Å². The predicted octanol–water partition coefficient (Wildman–Crippen LogP) is 8.06. The third kappa shape index (κ3) is 12.2. The van der Waals surface area contributed by atoms with E-state index < -0.39 is 6.04 Å². The van der Waals surface area contributed by atoms with Crippen LogP contribution in [0.4, 0.5) is 23.0 Å². The van der Waals surface area contributed by atoms with Crippen molar-refractivity contribution in [2.45, 2.75) is 92.3 Å². The Morgan fingerprint density at radius 2 is 1.58 bits per heavy atom. The van der Waals surface area contributed by atoms with Crippen LogP contribution >= 0.6 is 23.2 Å². The van der Waals surface area contributed by atoms with Crippen LogP contribution in [-0.2, 0) is 16.1 Å². The highest BCUT2D eigenvalue weighted by molar-refractivity contribution is 6.43. The van der Waals surface area contributed by atoms with Gasteiger partial charge in [-0.05, 0) is 49.8 Å². The SMILES string of the molecule is CC.CNC(=O)C(CCC=O)N1Cc2c(N)cccc2C1=O.COc1cc(N)cc(OC)c1OCC(C)(C)C(C)(C)CNC1(C)CCN(c2cnc(-c3cccc(Cl)c3Cl)c(N)n2)CC1. The number of likely N-dealkylation sites (N-methyl/N-ethyl adjacent to an activating group) is 1.